The molecule has 0 aliphatic rings. The van der Waals surface area contributed by atoms with Gasteiger partial charge >= 0.3 is 0 Å². The van der Waals surface area contributed by atoms with Crippen LogP contribution in [0.1, 0.15) is 16.7 Å². The van der Waals surface area contributed by atoms with Crippen molar-refractivity contribution in [1.29, 1.82) is 5.26 Å². The molecule has 19 heavy (non-hydrogen) atoms. The monoisotopic (exact) mass is 251 g/mol. The molecule has 0 aromatic heterocycles. The maximum atomic E-state index is 8.91. The average Bonchev–Trinajstić information content (AvgIpc) is 2.42. The molecule has 2 N–H and O–H groups in total. The molecular formula is C16H17N3. The van der Waals surface area contributed by atoms with Gasteiger partial charge in [0.2, 0.25) is 0 Å². The summed E-state index contributed by atoms with van der Waals surface area (Å²) in [6.45, 7) is 2.77. The number of nitriles is 1. The highest BCUT2D eigenvalue weighted by molar-refractivity contribution is 5.64. The molecule has 0 spiro atoms. The second-order valence-corrected chi connectivity index (χ2v) is 4.66. The Balaban J connectivity index is 2.23. The molecule has 0 amide bonds. The maximum absolute atomic E-state index is 8.91. The molecule has 0 saturated carbocycles. The minimum Gasteiger partial charge on any atom is -0.398 e. The van der Waals surface area contributed by atoms with Crippen molar-refractivity contribution < 1.29 is 0 Å². The first kappa shape index (κ1) is 13.0. The lowest BCUT2D eigenvalue weighted by molar-refractivity contribution is 0.917. The number of anilines is 2. The molecule has 0 aliphatic heterocycles. The van der Waals surface area contributed by atoms with Crippen LogP contribution in [0.4, 0.5) is 11.4 Å². The molecule has 0 heterocycles. The van der Waals surface area contributed by atoms with E-state index < -0.39 is 0 Å². The van der Waals surface area contributed by atoms with Crippen LogP contribution in [0.25, 0.3) is 0 Å². The van der Waals surface area contributed by atoms with Gasteiger partial charge in [-0.25, -0.2) is 0 Å². The van der Waals surface area contributed by atoms with Gasteiger partial charge in [-0.15, -0.1) is 0 Å². The highest BCUT2D eigenvalue weighted by Crippen LogP contribution is 2.25. The van der Waals surface area contributed by atoms with E-state index in [9.17, 15) is 0 Å². The predicted octanol–water partition coefficient (Wildman–Crippen LogP) is 3.09. The number of nitrogens with zero attached hydrogens (tertiary/aromatic N) is 2. The lowest BCUT2D eigenvalue weighted by atomic mass is 10.1. The lowest BCUT2D eigenvalue weighted by Crippen LogP contribution is -2.17. The third kappa shape index (κ3) is 2.86. The summed E-state index contributed by atoms with van der Waals surface area (Å²) in [6, 6.07) is 15.7. The molecule has 2 aromatic rings. The first-order chi connectivity index (χ1) is 9.11. The van der Waals surface area contributed by atoms with Gasteiger partial charge in [-0.2, -0.15) is 5.26 Å². The lowest BCUT2D eigenvalue weighted by Gasteiger charge is -2.22. The fourth-order valence-electron chi connectivity index (χ4n) is 2.15. The van der Waals surface area contributed by atoms with E-state index in [2.05, 4.69) is 17.0 Å². The fraction of sp³-hybridized carbons (Fsp3) is 0.188. The summed E-state index contributed by atoms with van der Waals surface area (Å²) in [4.78, 5) is 2.14. The van der Waals surface area contributed by atoms with Crippen molar-refractivity contribution in [3.8, 4) is 6.07 Å². The molecule has 0 radical (unpaired) electrons. The van der Waals surface area contributed by atoms with E-state index in [4.69, 9.17) is 11.0 Å². The Morgan fingerprint density at radius 2 is 1.95 bits per heavy atom. The normalized spacial score (nSPS) is 9.95. The van der Waals surface area contributed by atoms with Gasteiger partial charge in [-0.05, 0) is 42.3 Å². The van der Waals surface area contributed by atoms with Crippen molar-refractivity contribution in [1.82, 2.24) is 0 Å². The number of benzene rings is 2. The average molecular weight is 251 g/mol. The molecule has 0 saturated heterocycles. The third-order valence-electron chi connectivity index (χ3n) is 3.23. The Hall–Kier alpha value is -2.47. The summed E-state index contributed by atoms with van der Waals surface area (Å²) in [7, 11) is 2.03. The molecule has 0 unspecified atom stereocenters. The first-order valence-corrected chi connectivity index (χ1v) is 6.17. The molecule has 0 fully saturated rings. The van der Waals surface area contributed by atoms with E-state index in [1.165, 1.54) is 0 Å². The SMILES string of the molecule is Cc1c(N)cccc1N(C)Cc1cccc(C#N)c1. The Morgan fingerprint density at radius 1 is 1.21 bits per heavy atom. The quantitative estimate of drug-likeness (QED) is 0.853. The summed E-state index contributed by atoms with van der Waals surface area (Å²) in [5.41, 5.74) is 10.7. The largest absolute Gasteiger partial charge is 0.398 e. The molecule has 3 heteroatoms. The number of nitrogen functional groups attached to an aromatic ring is 1. The van der Waals surface area contributed by atoms with Crippen LogP contribution in [0.2, 0.25) is 0 Å². The first-order valence-electron chi connectivity index (χ1n) is 6.17. The van der Waals surface area contributed by atoms with E-state index in [1.807, 2.05) is 50.4 Å². The highest BCUT2D eigenvalue weighted by atomic mass is 15.1. The number of nitrogens with two attached hydrogens (primary N) is 1. The second-order valence-electron chi connectivity index (χ2n) is 4.66. The molecule has 2 aromatic carbocycles. The molecule has 2 rings (SSSR count). The Morgan fingerprint density at radius 3 is 2.68 bits per heavy atom. The van der Waals surface area contributed by atoms with Gasteiger partial charge in [0, 0.05) is 25.0 Å². The summed E-state index contributed by atoms with van der Waals surface area (Å²) in [5.74, 6) is 0. The standard InChI is InChI=1S/C16H17N3/c1-12-15(18)7-4-8-16(12)19(2)11-14-6-3-5-13(9-14)10-17/h3-9H,11,18H2,1-2H3. The van der Waals surface area contributed by atoms with Crippen LogP contribution in [0.5, 0.6) is 0 Å². The van der Waals surface area contributed by atoms with E-state index in [1.54, 1.807) is 0 Å². The van der Waals surface area contributed by atoms with Gasteiger partial charge in [-0.3, -0.25) is 0 Å². The minimum atomic E-state index is 0.690. The van der Waals surface area contributed by atoms with Gasteiger partial charge in [-0.1, -0.05) is 18.2 Å². The molecule has 0 atom stereocenters. The van der Waals surface area contributed by atoms with Crippen LogP contribution in [0, 0.1) is 18.3 Å². The predicted molar refractivity (Wildman–Crippen MR) is 78.9 cm³/mol. The summed E-state index contributed by atoms with van der Waals surface area (Å²) < 4.78 is 0. The van der Waals surface area contributed by atoms with Crippen LogP contribution >= 0.6 is 0 Å². The van der Waals surface area contributed by atoms with Crippen LogP contribution < -0.4 is 10.6 Å². The van der Waals surface area contributed by atoms with Crippen molar-refractivity contribution in [3.05, 3.63) is 59.2 Å². The van der Waals surface area contributed by atoms with Crippen LogP contribution in [0.15, 0.2) is 42.5 Å². The van der Waals surface area contributed by atoms with Crippen LogP contribution in [-0.4, -0.2) is 7.05 Å². The van der Waals surface area contributed by atoms with E-state index >= 15 is 0 Å². The zero-order chi connectivity index (χ0) is 13.8. The molecular weight excluding hydrogens is 234 g/mol. The summed E-state index contributed by atoms with van der Waals surface area (Å²) >= 11 is 0. The Kier molecular flexibility index (Phi) is 3.72. The molecule has 3 nitrogen and oxygen atoms in total. The third-order valence-corrected chi connectivity index (χ3v) is 3.23. The van der Waals surface area contributed by atoms with Crippen molar-refractivity contribution in [3.63, 3.8) is 0 Å². The number of rotatable bonds is 3. The Labute approximate surface area is 113 Å². The van der Waals surface area contributed by atoms with Crippen molar-refractivity contribution in [2.24, 2.45) is 0 Å². The zero-order valence-corrected chi connectivity index (χ0v) is 11.2. The maximum Gasteiger partial charge on any atom is 0.0991 e. The van der Waals surface area contributed by atoms with E-state index in [0.717, 1.165) is 29.0 Å². The van der Waals surface area contributed by atoms with Gasteiger partial charge < -0.3 is 10.6 Å². The van der Waals surface area contributed by atoms with Crippen molar-refractivity contribution in [2.75, 3.05) is 17.7 Å². The van der Waals surface area contributed by atoms with Gasteiger partial charge in [0.05, 0.1) is 11.6 Å². The van der Waals surface area contributed by atoms with Crippen molar-refractivity contribution in [2.45, 2.75) is 13.5 Å². The van der Waals surface area contributed by atoms with E-state index in [-0.39, 0.29) is 0 Å². The summed E-state index contributed by atoms with van der Waals surface area (Å²) in [6.07, 6.45) is 0. The van der Waals surface area contributed by atoms with Crippen LogP contribution in [-0.2, 0) is 6.54 Å². The highest BCUT2D eigenvalue weighted by Gasteiger charge is 2.07. The smallest absolute Gasteiger partial charge is 0.0991 e. The van der Waals surface area contributed by atoms with Gasteiger partial charge in [0.15, 0.2) is 0 Å². The zero-order valence-electron chi connectivity index (χ0n) is 11.2. The molecule has 96 valence electrons. The fourth-order valence-corrected chi connectivity index (χ4v) is 2.15. The molecule has 0 aliphatic carbocycles. The summed E-state index contributed by atoms with van der Waals surface area (Å²) in [5, 5.41) is 8.91. The van der Waals surface area contributed by atoms with Crippen LogP contribution in [0.3, 0.4) is 0 Å². The number of hydrogen-bond acceptors (Lipinski definition) is 3. The second kappa shape index (κ2) is 5.45. The van der Waals surface area contributed by atoms with Crippen molar-refractivity contribution >= 4 is 11.4 Å². The minimum absolute atomic E-state index is 0.690. The van der Waals surface area contributed by atoms with E-state index in [0.29, 0.717) is 5.56 Å². The van der Waals surface area contributed by atoms with Gasteiger partial charge in [0.1, 0.15) is 0 Å². The molecule has 0 bridgehead atoms. The topological polar surface area (TPSA) is 53.0 Å². The number of hydrogen-bond donors (Lipinski definition) is 1. The Bertz CT molecular complexity index is 626. The van der Waals surface area contributed by atoms with Gasteiger partial charge in [0.25, 0.3) is 0 Å².